The maximum atomic E-state index is 12.6. The van der Waals surface area contributed by atoms with Gasteiger partial charge in [-0.15, -0.1) is 0 Å². The number of allylic oxidation sites excluding steroid dienone is 1. The molecule has 0 radical (unpaired) electrons. The molecule has 124 valence electrons. The van der Waals surface area contributed by atoms with Gasteiger partial charge in [-0.1, -0.05) is 18.2 Å². The second-order valence-corrected chi connectivity index (χ2v) is 5.62. The van der Waals surface area contributed by atoms with Crippen molar-refractivity contribution in [1.82, 2.24) is 0 Å². The Morgan fingerprint density at radius 3 is 2.38 bits per heavy atom. The van der Waals surface area contributed by atoms with Gasteiger partial charge in [-0.3, -0.25) is 4.79 Å². The van der Waals surface area contributed by atoms with Gasteiger partial charge in [0.05, 0.1) is 12.7 Å². The van der Waals surface area contributed by atoms with Crippen molar-refractivity contribution in [3.8, 4) is 5.75 Å². The molecule has 1 aliphatic carbocycles. The third kappa shape index (κ3) is 3.20. The van der Waals surface area contributed by atoms with E-state index in [4.69, 9.17) is 4.74 Å². The van der Waals surface area contributed by atoms with Crippen LogP contribution in [0.15, 0.2) is 42.5 Å². The summed E-state index contributed by atoms with van der Waals surface area (Å²) in [6.07, 6.45) is -1.68. The van der Waals surface area contributed by atoms with Gasteiger partial charge in [-0.25, -0.2) is 0 Å². The molecule has 0 bridgehead atoms. The molecule has 0 atom stereocenters. The second kappa shape index (κ2) is 6.15. The van der Waals surface area contributed by atoms with Crippen LogP contribution in [0.3, 0.4) is 0 Å². The summed E-state index contributed by atoms with van der Waals surface area (Å²) in [5, 5.41) is 0. The summed E-state index contributed by atoms with van der Waals surface area (Å²) in [6, 6.07) is 10.3. The number of hydrogen-bond donors (Lipinski definition) is 0. The Labute approximate surface area is 137 Å². The van der Waals surface area contributed by atoms with Crippen LogP contribution in [0.4, 0.5) is 13.2 Å². The first-order chi connectivity index (χ1) is 11.4. The number of methoxy groups -OCH3 is 1. The topological polar surface area (TPSA) is 26.3 Å². The average Bonchev–Trinajstić information content (AvgIpc) is 2.56. The summed E-state index contributed by atoms with van der Waals surface area (Å²) < 4.78 is 43.1. The molecule has 0 heterocycles. The maximum absolute atomic E-state index is 12.6. The molecule has 0 saturated heterocycles. The minimum absolute atomic E-state index is 0.0179. The highest BCUT2D eigenvalue weighted by molar-refractivity contribution is 6.26. The number of rotatable bonds is 2. The van der Waals surface area contributed by atoms with Crippen LogP contribution in [0.25, 0.3) is 11.6 Å². The molecule has 1 aliphatic rings. The molecule has 0 saturated carbocycles. The molecule has 0 aromatic heterocycles. The summed E-state index contributed by atoms with van der Waals surface area (Å²) in [5.41, 5.74) is 2.18. The fourth-order valence-corrected chi connectivity index (χ4v) is 2.78. The van der Waals surface area contributed by atoms with Crippen molar-refractivity contribution in [2.24, 2.45) is 0 Å². The number of aryl methyl sites for hydroxylation is 1. The van der Waals surface area contributed by atoms with Crippen molar-refractivity contribution >= 4 is 17.4 Å². The number of ketones is 1. The van der Waals surface area contributed by atoms with Crippen LogP contribution >= 0.6 is 0 Å². The summed E-state index contributed by atoms with van der Waals surface area (Å²) in [7, 11) is 1.55. The first-order valence-corrected chi connectivity index (χ1v) is 7.48. The van der Waals surface area contributed by atoms with Crippen LogP contribution in [0.2, 0.25) is 0 Å². The minimum atomic E-state index is -4.37. The number of halogens is 3. The Kier molecular flexibility index (Phi) is 4.18. The monoisotopic (exact) mass is 332 g/mol. The Morgan fingerprint density at radius 2 is 1.75 bits per heavy atom. The number of carbonyl (C=O) groups excluding carboxylic acids is 1. The van der Waals surface area contributed by atoms with Gasteiger partial charge in [-0.2, -0.15) is 13.2 Å². The highest BCUT2D eigenvalue weighted by Crippen LogP contribution is 2.33. The number of alkyl halides is 3. The van der Waals surface area contributed by atoms with Crippen LogP contribution in [0.1, 0.15) is 28.7 Å². The lowest BCUT2D eigenvalue weighted by Gasteiger charge is -2.19. The predicted molar refractivity (Wildman–Crippen MR) is 85.6 cm³/mol. The summed E-state index contributed by atoms with van der Waals surface area (Å²) in [5.74, 6) is 0.623. The Hall–Kier alpha value is -2.56. The van der Waals surface area contributed by atoms with Gasteiger partial charge in [-0.05, 0) is 53.5 Å². The molecule has 3 rings (SSSR count). The summed E-state index contributed by atoms with van der Waals surface area (Å²) >= 11 is 0. The Bertz CT molecular complexity index is 802. The van der Waals surface area contributed by atoms with E-state index in [1.54, 1.807) is 19.3 Å². The van der Waals surface area contributed by atoms with Crippen molar-refractivity contribution in [2.45, 2.75) is 19.0 Å². The van der Waals surface area contributed by atoms with Gasteiger partial charge in [0, 0.05) is 12.0 Å². The largest absolute Gasteiger partial charge is 0.497 e. The lowest BCUT2D eigenvalue weighted by molar-refractivity contribution is -0.137. The van der Waals surface area contributed by atoms with E-state index in [2.05, 4.69) is 0 Å². The van der Waals surface area contributed by atoms with E-state index >= 15 is 0 Å². The molecule has 2 nitrogen and oxygen atoms in total. The highest BCUT2D eigenvalue weighted by Gasteiger charge is 2.30. The third-order valence-electron chi connectivity index (χ3n) is 4.08. The minimum Gasteiger partial charge on any atom is -0.497 e. The second-order valence-electron chi connectivity index (χ2n) is 5.62. The van der Waals surface area contributed by atoms with E-state index in [0.29, 0.717) is 29.7 Å². The SMILES string of the molecule is COc1ccc2c(c1)/C(=C\c1ccc(C(F)(F)F)cc1)C(=O)CC2. The number of benzene rings is 2. The molecule has 0 amide bonds. The van der Waals surface area contributed by atoms with Gasteiger partial charge < -0.3 is 4.74 Å². The zero-order chi connectivity index (χ0) is 17.3. The van der Waals surface area contributed by atoms with Crippen molar-refractivity contribution in [3.63, 3.8) is 0 Å². The molecular formula is C19H15F3O2. The summed E-state index contributed by atoms with van der Waals surface area (Å²) in [4.78, 5) is 12.3. The molecule has 24 heavy (non-hydrogen) atoms. The molecule has 0 spiro atoms. The van der Waals surface area contributed by atoms with Crippen molar-refractivity contribution < 1.29 is 22.7 Å². The van der Waals surface area contributed by atoms with Gasteiger partial charge in [0.1, 0.15) is 5.75 Å². The van der Waals surface area contributed by atoms with E-state index in [9.17, 15) is 18.0 Å². The van der Waals surface area contributed by atoms with E-state index in [-0.39, 0.29) is 5.78 Å². The van der Waals surface area contributed by atoms with Crippen LogP contribution in [0.5, 0.6) is 5.75 Å². The summed E-state index contributed by atoms with van der Waals surface area (Å²) in [6.45, 7) is 0. The van der Waals surface area contributed by atoms with Gasteiger partial charge in [0.2, 0.25) is 0 Å². The lowest BCUT2D eigenvalue weighted by atomic mass is 9.85. The predicted octanol–water partition coefficient (Wildman–Crippen LogP) is 4.77. The average molecular weight is 332 g/mol. The molecule has 0 unspecified atom stereocenters. The molecule has 2 aromatic carbocycles. The number of ether oxygens (including phenoxy) is 1. The van der Waals surface area contributed by atoms with Crippen LogP contribution in [-0.2, 0) is 17.4 Å². The molecule has 0 fully saturated rings. The van der Waals surface area contributed by atoms with Crippen LogP contribution in [-0.4, -0.2) is 12.9 Å². The number of hydrogen-bond acceptors (Lipinski definition) is 2. The van der Waals surface area contributed by atoms with Crippen molar-refractivity contribution in [1.29, 1.82) is 0 Å². The van der Waals surface area contributed by atoms with E-state index in [1.165, 1.54) is 12.1 Å². The third-order valence-corrected chi connectivity index (χ3v) is 4.08. The number of Topliss-reactive ketones (excluding diaryl/α,β-unsaturated/α-hetero) is 1. The highest BCUT2D eigenvalue weighted by atomic mass is 19.4. The maximum Gasteiger partial charge on any atom is 0.416 e. The fraction of sp³-hybridized carbons (Fsp3) is 0.211. The molecule has 0 N–H and O–H groups in total. The first kappa shape index (κ1) is 16.3. The zero-order valence-electron chi connectivity index (χ0n) is 13.0. The first-order valence-electron chi connectivity index (χ1n) is 7.48. The number of fused-ring (bicyclic) bond motifs is 1. The lowest BCUT2D eigenvalue weighted by Crippen LogP contribution is -2.12. The van der Waals surface area contributed by atoms with Gasteiger partial charge >= 0.3 is 6.18 Å². The molecular weight excluding hydrogens is 317 g/mol. The smallest absolute Gasteiger partial charge is 0.416 e. The normalized spacial score (nSPS) is 16.2. The Morgan fingerprint density at radius 1 is 1.04 bits per heavy atom. The zero-order valence-corrected chi connectivity index (χ0v) is 13.0. The molecule has 5 heteroatoms. The van der Waals surface area contributed by atoms with Crippen LogP contribution in [0, 0.1) is 0 Å². The Balaban J connectivity index is 2.02. The van der Waals surface area contributed by atoms with E-state index in [1.807, 2.05) is 12.1 Å². The standard InChI is InChI=1S/C19H15F3O2/c1-24-15-8-4-13-5-9-18(23)17(16(13)11-15)10-12-2-6-14(7-3-12)19(20,21)22/h2-4,6-8,10-11H,5,9H2,1H3/b17-10+. The van der Waals surface area contributed by atoms with Crippen molar-refractivity contribution in [3.05, 3.63) is 64.7 Å². The molecule has 2 aromatic rings. The quantitative estimate of drug-likeness (QED) is 0.741. The van der Waals surface area contributed by atoms with Crippen LogP contribution < -0.4 is 4.74 Å². The van der Waals surface area contributed by atoms with Crippen molar-refractivity contribution in [2.75, 3.05) is 7.11 Å². The van der Waals surface area contributed by atoms with Gasteiger partial charge in [0.25, 0.3) is 0 Å². The number of carbonyl (C=O) groups is 1. The molecule has 0 aliphatic heterocycles. The fourth-order valence-electron chi connectivity index (χ4n) is 2.78. The van der Waals surface area contributed by atoms with E-state index in [0.717, 1.165) is 23.3 Å². The van der Waals surface area contributed by atoms with E-state index < -0.39 is 11.7 Å². The van der Waals surface area contributed by atoms with Gasteiger partial charge in [0.15, 0.2) is 5.78 Å².